The molecule has 1 N–H and O–H groups in total. The molecule has 2 rings (SSSR count). The molecule has 0 spiro atoms. The zero-order valence-electron chi connectivity index (χ0n) is 10.3. The van der Waals surface area contributed by atoms with Crippen molar-refractivity contribution in [3.05, 3.63) is 45.3 Å². The summed E-state index contributed by atoms with van der Waals surface area (Å²) in [5.74, 6) is 0. The van der Waals surface area contributed by atoms with Crippen LogP contribution in [-0.2, 0) is 0 Å². The van der Waals surface area contributed by atoms with E-state index in [2.05, 4.69) is 31.3 Å². The van der Waals surface area contributed by atoms with Gasteiger partial charge in [0, 0.05) is 25.8 Å². The smallest absolute Gasteiger partial charge is 0.0427 e. The van der Waals surface area contributed by atoms with Gasteiger partial charge in [-0.1, -0.05) is 30.1 Å². The Morgan fingerprint density at radius 3 is 2.44 bits per heavy atom. The highest BCUT2D eigenvalue weighted by Gasteiger charge is 2.09. The maximum absolute atomic E-state index is 6.03. The van der Waals surface area contributed by atoms with Crippen molar-refractivity contribution in [1.82, 2.24) is 5.32 Å². The molecule has 1 unspecified atom stereocenters. The quantitative estimate of drug-likeness (QED) is 0.798. The van der Waals surface area contributed by atoms with Gasteiger partial charge in [0.1, 0.15) is 0 Å². The van der Waals surface area contributed by atoms with Crippen molar-refractivity contribution in [2.45, 2.75) is 19.9 Å². The Hall–Kier alpha value is -0.540. The summed E-state index contributed by atoms with van der Waals surface area (Å²) in [7, 11) is 0. The summed E-state index contributed by atoms with van der Waals surface area (Å²) in [4.78, 5) is 2.52. The van der Waals surface area contributed by atoms with Crippen molar-refractivity contribution >= 4 is 34.5 Å². The predicted molar refractivity (Wildman–Crippen MR) is 81.9 cm³/mol. The fourth-order valence-electron chi connectivity index (χ4n) is 1.84. The normalized spacial score (nSPS) is 12.7. The summed E-state index contributed by atoms with van der Waals surface area (Å²) in [6.45, 7) is 5.25. The average molecular weight is 300 g/mol. The van der Waals surface area contributed by atoms with Crippen molar-refractivity contribution in [2.75, 3.05) is 6.54 Å². The second-order valence-electron chi connectivity index (χ2n) is 4.14. The van der Waals surface area contributed by atoms with E-state index in [-0.39, 0.29) is 0 Å². The molecular weight excluding hydrogens is 285 g/mol. The van der Waals surface area contributed by atoms with E-state index in [1.54, 1.807) is 17.4 Å². The van der Waals surface area contributed by atoms with Crippen LogP contribution in [0.4, 0.5) is 0 Å². The second-order valence-corrected chi connectivity index (χ2v) is 6.13. The molecule has 4 heteroatoms. The first-order valence-electron chi connectivity index (χ1n) is 5.89. The lowest BCUT2D eigenvalue weighted by Crippen LogP contribution is -2.16. The highest BCUT2D eigenvalue weighted by Crippen LogP contribution is 2.34. The molecular formula is C14H15Cl2NS. The zero-order chi connectivity index (χ0) is 13.1. The number of hydrogen-bond acceptors (Lipinski definition) is 2. The van der Waals surface area contributed by atoms with Crippen molar-refractivity contribution in [2.24, 2.45) is 0 Å². The van der Waals surface area contributed by atoms with Gasteiger partial charge in [0.15, 0.2) is 0 Å². The molecule has 2 aromatic rings. The Kier molecular flexibility index (Phi) is 4.68. The number of thiophene rings is 1. The molecule has 1 aromatic carbocycles. The van der Waals surface area contributed by atoms with Crippen LogP contribution >= 0.6 is 34.5 Å². The molecule has 0 bridgehead atoms. The predicted octanol–water partition coefficient (Wildman–Crippen LogP) is 5.39. The molecule has 0 saturated carbocycles. The molecule has 1 atom stereocenters. The maximum atomic E-state index is 6.03. The Morgan fingerprint density at radius 1 is 1.17 bits per heavy atom. The molecule has 0 saturated heterocycles. The van der Waals surface area contributed by atoms with Crippen LogP contribution in [-0.4, -0.2) is 6.54 Å². The Balaban J connectivity index is 2.29. The van der Waals surface area contributed by atoms with E-state index in [4.69, 9.17) is 23.2 Å². The number of benzene rings is 1. The van der Waals surface area contributed by atoms with Gasteiger partial charge in [-0.25, -0.2) is 0 Å². The molecule has 0 amide bonds. The fraction of sp³-hybridized carbons (Fsp3) is 0.286. The van der Waals surface area contributed by atoms with Crippen LogP contribution < -0.4 is 5.32 Å². The van der Waals surface area contributed by atoms with Gasteiger partial charge in [-0.2, -0.15) is 0 Å². The molecule has 0 aliphatic rings. The van der Waals surface area contributed by atoms with E-state index < -0.39 is 0 Å². The average Bonchev–Trinajstić information content (AvgIpc) is 2.77. The maximum Gasteiger partial charge on any atom is 0.0427 e. The minimum atomic E-state index is 0.378. The second kappa shape index (κ2) is 6.07. The molecule has 0 fully saturated rings. The summed E-state index contributed by atoms with van der Waals surface area (Å²) in [5.41, 5.74) is 1.08. The first kappa shape index (κ1) is 13.9. The summed E-state index contributed by atoms with van der Waals surface area (Å²) in [6, 6.07) is 10.3. The van der Waals surface area contributed by atoms with E-state index in [0.29, 0.717) is 16.1 Å². The molecule has 1 heterocycles. The minimum absolute atomic E-state index is 0.378. The number of nitrogens with one attached hydrogen (secondary N) is 1. The van der Waals surface area contributed by atoms with E-state index in [1.165, 1.54) is 9.75 Å². The standard InChI is InChI=1S/C14H15Cl2NS/c1-3-17-9(2)13-4-5-14(18-13)10-6-11(15)8-12(16)7-10/h4-9,17H,3H2,1-2H3. The van der Waals surface area contributed by atoms with Crippen LogP contribution in [0.5, 0.6) is 0 Å². The first-order chi connectivity index (χ1) is 8.60. The highest BCUT2D eigenvalue weighted by atomic mass is 35.5. The zero-order valence-corrected chi connectivity index (χ0v) is 12.7. The van der Waals surface area contributed by atoms with Crippen molar-refractivity contribution in [1.29, 1.82) is 0 Å². The lowest BCUT2D eigenvalue weighted by Gasteiger charge is -2.09. The summed E-state index contributed by atoms with van der Waals surface area (Å²) in [6.07, 6.45) is 0. The largest absolute Gasteiger partial charge is 0.310 e. The molecule has 0 aliphatic heterocycles. The van der Waals surface area contributed by atoms with E-state index in [9.17, 15) is 0 Å². The van der Waals surface area contributed by atoms with Crippen LogP contribution in [0.2, 0.25) is 10.0 Å². The van der Waals surface area contributed by atoms with Crippen molar-refractivity contribution in [3.63, 3.8) is 0 Å². The molecule has 1 nitrogen and oxygen atoms in total. The third-order valence-electron chi connectivity index (χ3n) is 2.71. The molecule has 0 radical (unpaired) electrons. The first-order valence-corrected chi connectivity index (χ1v) is 7.47. The summed E-state index contributed by atoms with van der Waals surface area (Å²) < 4.78 is 0. The summed E-state index contributed by atoms with van der Waals surface area (Å²) >= 11 is 13.8. The van der Waals surface area contributed by atoms with Gasteiger partial charge in [0.25, 0.3) is 0 Å². The SMILES string of the molecule is CCNC(C)c1ccc(-c2cc(Cl)cc(Cl)c2)s1. The number of halogens is 2. The van der Waals surface area contributed by atoms with Crippen LogP contribution in [0.1, 0.15) is 24.8 Å². The van der Waals surface area contributed by atoms with Crippen LogP contribution in [0.3, 0.4) is 0 Å². The third-order valence-corrected chi connectivity index (χ3v) is 4.46. The van der Waals surface area contributed by atoms with E-state index in [0.717, 1.165) is 12.1 Å². The third kappa shape index (κ3) is 3.27. The molecule has 0 aliphatic carbocycles. The van der Waals surface area contributed by atoms with Gasteiger partial charge in [0.2, 0.25) is 0 Å². The van der Waals surface area contributed by atoms with Crippen LogP contribution in [0, 0.1) is 0 Å². The Bertz CT molecular complexity index is 516. The molecule has 96 valence electrons. The van der Waals surface area contributed by atoms with Crippen LogP contribution in [0.25, 0.3) is 10.4 Å². The number of hydrogen-bond donors (Lipinski definition) is 1. The number of rotatable bonds is 4. The Labute approximate surface area is 122 Å². The van der Waals surface area contributed by atoms with Crippen molar-refractivity contribution in [3.8, 4) is 10.4 Å². The minimum Gasteiger partial charge on any atom is -0.310 e. The van der Waals surface area contributed by atoms with Crippen LogP contribution in [0.15, 0.2) is 30.3 Å². The summed E-state index contributed by atoms with van der Waals surface area (Å²) in [5, 5.41) is 4.75. The lowest BCUT2D eigenvalue weighted by atomic mass is 10.2. The van der Waals surface area contributed by atoms with E-state index in [1.807, 2.05) is 12.1 Å². The topological polar surface area (TPSA) is 12.0 Å². The van der Waals surface area contributed by atoms with Gasteiger partial charge in [-0.05, 0) is 49.4 Å². The lowest BCUT2D eigenvalue weighted by molar-refractivity contribution is 0.607. The molecule has 1 aromatic heterocycles. The fourth-order valence-corrected chi connectivity index (χ4v) is 3.39. The van der Waals surface area contributed by atoms with E-state index >= 15 is 0 Å². The van der Waals surface area contributed by atoms with Gasteiger partial charge < -0.3 is 5.32 Å². The van der Waals surface area contributed by atoms with Gasteiger partial charge in [-0.3, -0.25) is 0 Å². The molecule has 18 heavy (non-hydrogen) atoms. The monoisotopic (exact) mass is 299 g/mol. The highest BCUT2D eigenvalue weighted by molar-refractivity contribution is 7.15. The van der Waals surface area contributed by atoms with Crippen molar-refractivity contribution < 1.29 is 0 Å². The Morgan fingerprint density at radius 2 is 1.83 bits per heavy atom. The van der Waals surface area contributed by atoms with Gasteiger partial charge >= 0.3 is 0 Å². The van der Waals surface area contributed by atoms with Gasteiger partial charge in [0.05, 0.1) is 0 Å². The van der Waals surface area contributed by atoms with Gasteiger partial charge in [-0.15, -0.1) is 11.3 Å².